The molecule has 0 aromatic heterocycles. The molecule has 0 aliphatic rings. The van der Waals surface area contributed by atoms with E-state index in [2.05, 4.69) is 0 Å². The molecule has 0 aromatic carbocycles. The third kappa shape index (κ3) is 3.74. The average molecular weight is 207 g/mol. The molecule has 5 heteroatoms. The molecule has 0 spiro atoms. The third-order valence-electron chi connectivity index (χ3n) is 1.59. The van der Waals surface area contributed by atoms with E-state index in [1.54, 1.807) is 0 Å². The van der Waals surface area contributed by atoms with Crippen molar-refractivity contribution in [2.24, 2.45) is 5.73 Å². The van der Waals surface area contributed by atoms with Crippen LogP contribution < -0.4 is 5.73 Å². The second-order valence-electron chi connectivity index (χ2n) is 2.69. The first kappa shape index (κ1) is 13.1. The Hall–Kier alpha value is 0.0569. The van der Waals surface area contributed by atoms with Crippen molar-refractivity contribution in [2.75, 3.05) is 19.8 Å². The summed E-state index contributed by atoms with van der Waals surface area (Å²) >= 11 is 0. The lowest BCUT2D eigenvalue weighted by Gasteiger charge is -2.31. The van der Waals surface area contributed by atoms with Gasteiger partial charge in [-0.1, -0.05) is 0 Å². The minimum absolute atomic E-state index is 0.174. The van der Waals surface area contributed by atoms with E-state index in [0.717, 1.165) is 0 Å². The van der Waals surface area contributed by atoms with E-state index in [4.69, 9.17) is 19.0 Å². The zero-order valence-corrected chi connectivity index (χ0v) is 10.0. The average Bonchev–Trinajstić information content (AvgIpc) is 2.05. The molecule has 2 N–H and O–H groups in total. The molecular weight excluding hydrogens is 186 g/mol. The van der Waals surface area contributed by atoms with Gasteiger partial charge in [0.05, 0.1) is 5.67 Å². The molecule has 0 saturated carbocycles. The van der Waals surface area contributed by atoms with Crippen LogP contribution in [0.4, 0.5) is 0 Å². The van der Waals surface area contributed by atoms with Gasteiger partial charge in [0, 0.05) is 19.8 Å². The summed E-state index contributed by atoms with van der Waals surface area (Å²) < 4.78 is 16.6. The highest BCUT2D eigenvalue weighted by atomic mass is 28.4. The minimum atomic E-state index is -2.60. The van der Waals surface area contributed by atoms with Crippen LogP contribution in [0.15, 0.2) is 0 Å². The van der Waals surface area contributed by atoms with Crippen molar-refractivity contribution < 1.29 is 13.3 Å². The fraction of sp³-hybridized carbons (Fsp3) is 1.00. The van der Waals surface area contributed by atoms with Gasteiger partial charge in [-0.2, -0.15) is 0 Å². The highest BCUT2D eigenvalue weighted by molar-refractivity contribution is 6.62. The molecule has 0 amide bonds. The maximum Gasteiger partial charge on any atom is 0.518 e. The zero-order valence-electron chi connectivity index (χ0n) is 9.00. The van der Waals surface area contributed by atoms with Crippen LogP contribution in [0.25, 0.3) is 0 Å². The summed E-state index contributed by atoms with van der Waals surface area (Å²) in [4.78, 5) is 0. The van der Waals surface area contributed by atoms with E-state index >= 15 is 0 Å². The smallest absolute Gasteiger partial charge is 0.373 e. The van der Waals surface area contributed by atoms with Crippen LogP contribution in [0.2, 0.25) is 0 Å². The van der Waals surface area contributed by atoms with Gasteiger partial charge >= 0.3 is 8.80 Å². The predicted molar refractivity (Wildman–Crippen MR) is 54.3 cm³/mol. The Bertz CT molecular complexity index is 116. The lowest BCUT2D eigenvalue weighted by atomic mass is 10.8. The highest BCUT2D eigenvalue weighted by Crippen LogP contribution is 2.13. The molecule has 1 unspecified atom stereocenters. The van der Waals surface area contributed by atoms with Crippen LogP contribution >= 0.6 is 0 Å². The van der Waals surface area contributed by atoms with E-state index in [0.29, 0.717) is 19.8 Å². The van der Waals surface area contributed by atoms with Crippen molar-refractivity contribution in [2.45, 2.75) is 33.4 Å². The van der Waals surface area contributed by atoms with Gasteiger partial charge in [-0.15, -0.1) is 0 Å². The summed E-state index contributed by atoms with van der Waals surface area (Å²) in [5, 5.41) is 0. The summed E-state index contributed by atoms with van der Waals surface area (Å²) in [6.45, 7) is 9.36. The Labute approximate surface area is 81.7 Å². The van der Waals surface area contributed by atoms with Crippen molar-refractivity contribution in [3.8, 4) is 0 Å². The molecule has 0 aliphatic carbocycles. The summed E-state index contributed by atoms with van der Waals surface area (Å²) in [5.41, 5.74) is 5.64. The van der Waals surface area contributed by atoms with Gasteiger partial charge in [-0.25, -0.2) is 0 Å². The Balaban J connectivity index is 4.38. The van der Waals surface area contributed by atoms with Crippen LogP contribution in [-0.2, 0) is 13.3 Å². The summed E-state index contributed by atoms with van der Waals surface area (Å²) in [7, 11) is -2.60. The Morgan fingerprint density at radius 3 is 1.46 bits per heavy atom. The summed E-state index contributed by atoms with van der Waals surface area (Å²) in [6, 6.07) is 0. The molecule has 0 aliphatic heterocycles. The number of rotatable bonds is 7. The van der Waals surface area contributed by atoms with Gasteiger partial charge in [0.2, 0.25) is 0 Å². The molecule has 80 valence electrons. The van der Waals surface area contributed by atoms with Gasteiger partial charge in [0.25, 0.3) is 0 Å². The largest absolute Gasteiger partial charge is 0.518 e. The molecule has 0 rings (SSSR count). The first-order valence-corrected chi connectivity index (χ1v) is 6.60. The molecule has 0 aromatic rings. The number of hydrogen-bond donors (Lipinski definition) is 1. The normalized spacial score (nSPS) is 14.5. The minimum Gasteiger partial charge on any atom is -0.373 e. The molecule has 0 saturated heterocycles. The first-order valence-electron chi connectivity index (χ1n) is 4.80. The number of nitrogens with two attached hydrogens (primary N) is 1. The SMILES string of the molecule is CCO[Si](OCC)(OCC)C(C)N. The van der Waals surface area contributed by atoms with Crippen molar-refractivity contribution in [3.05, 3.63) is 0 Å². The predicted octanol–water partition coefficient (Wildman–Crippen LogP) is 0.921. The maximum atomic E-state index is 5.82. The molecule has 0 bridgehead atoms. The Kier molecular flexibility index (Phi) is 6.53. The van der Waals surface area contributed by atoms with Gasteiger partial charge in [0.15, 0.2) is 0 Å². The van der Waals surface area contributed by atoms with E-state index in [-0.39, 0.29) is 5.67 Å². The van der Waals surface area contributed by atoms with Gasteiger partial charge in [-0.3, -0.25) is 0 Å². The third-order valence-corrected chi connectivity index (χ3v) is 4.78. The van der Waals surface area contributed by atoms with E-state index in [1.165, 1.54) is 0 Å². The summed E-state index contributed by atoms with van der Waals surface area (Å²) in [5.74, 6) is 0. The van der Waals surface area contributed by atoms with E-state index < -0.39 is 8.80 Å². The summed E-state index contributed by atoms with van der Waals surface area (Å²) in [6.07, 6.45) is 0. The van der Waals surface area contributed by atoms with Crippen LogP contribution in [0.5, 0.6) is 0 Å². The topological polar surface area (TPSA) is 53.7 Å². The number of hydrogen-bond acceptors (Lipinski definition) is 4. The van der Waals surface area contributed by atoms with Crippen molar-refractivity contribution in [3.63, 3.8) is 0 Å². The fourth-order valence-electron chi connectivity index (χ4n) is 1.12. The first-order chi connectivity index (χ1) is 6.13. The second kappa shape index (κ2) is 6.50. The van der Waals surface area contributed by atoms with Crippen molar-refractivity contribution in [1.29, 1.82) is 0 Å². The lowest BCUT2D eigenvalue weighted by Crippen LogP contribution is -2.59. The van der Waals surface area contributed by atoms with Crippen LogP contribution in [0, 0.1) is 0 Å². The quantitative estimate of drug-likeness (QED) is 0.631. The molecule has 1 atom stereocenters. The monoisotopic (exact) mass is 207 g/mol. The lowest BCUT2D eigenvalue weighted by molar-refractivity contribution is 0.0640. The van der Waals surface area contributed by atoms with Crippen LogP contribution in [-0.4, -0.2) is 34.3 Å². The maximum absolute atomic E-state index is 5.82. The zero-order chi connectivity index (χ0) is 10.3. The standard InChI is InChI=1S/C8H21NO3Si/c1-5-10-13(8(4)9,11-6-2)12-7-3/h8H,5-7,9H2,1-4H3. The molecule has 0 radical (unpaired) electrons. The fourth-order valence-corrected chi connectivity index (χ4v) is 3.37. The van der Waals surface area contributed by atoms with E-state index in [1.807, 2.05) is 27.7 Å². The Morgan fingerprint density at radius 1 is 1.00 bits per heavy atom. The second-order valence-corrected chi connectivity index (χ2v) is 5.68. The van der Waals surface area contributed by atoms with E-state index in [9.17, 15) is 0 Å². The van der Waals surface area contributed by atoms with Crippen molar-refractivity contribution >= 4 is 8.80 Å². The molecule has 13 heavy (non-hydrogen) atoms. The highest BCUT2D eigenvalue weighted by Gasteiger charge is 2.44. The van der Waals surface area contributed by atoms with Gasteiger partial charge in [-0.05, 0) is 27.7 Å². The molecule has 0 fully saturated rings. The van der Waals surface area contributed by atoms with Gasteiger partial charge in [0.1, 0.15) is 0 Å². The van der Waals surface area contributed by atoms with Gasteiger partial charge < -0.3 is 19.0 Å². The van der Waals surface area contributed by atoms with Crippen LogP contribution in [0.3, 0.4) is 0 Å². The van der Waals surface area contributed by atoms with Crippen molar-refractivity contribution in [1.82, 2.24) is 0 Å². The van der Waals surface area contributed by atoms with Crippen LogP contribution in [0.1, 0.15) is 27.7 Å². The molecule has 4 nitrogen and oxygen atoms in total. The Morgan fingerprint density at radius 2 is 1.31 bits per heavy atom. The molecule has 0 heterocycles. The molecular formula is C8H21NO3Si.